The van der Waals surface area contributed by atoms with Crippen LogP contribution in [0.2, 0.25) is 0 Å². The van der Waals surface area contributed by atoms with Gasteiger partial charge in [0.1, 0.15) is 0 Å². The number of rotatable bonds is 6. The van der Waals surface area contributed by atoms with Crippen molar-refractivity contribution in [2.75, 3.05) is 23.3 Å². The van der Waals surface area contributed by atoms with E-state index in [1.54, 1.807) is 6.07 Å². The molecule has 1 unspecified atom stereocenters. The second-order valence-electron chi connectivity index (χ2n) is 8.34. The van der Waals surface area contributed by atoms with Gasteiger partial charge >= 0.3 is 0 Å². The van der Waals surface area contributed by atoms with Crippen LogP contribution in [-0.4, -0.2) is 35.9 Å². The standard InChI is InChI=1S/C25H27BrN4O2/c1-16-12-22(21-14-18(26)8-9-23(21)27-16)25(32)28-17(2)13-24(31)29-19-6-5-7-20(15-19)30-10-3-4-11-30/h5-9,12,14-15,17H,3-4,10-11,13H2,1-2H3,(H,28,32)(H,29,31). The van der Waals surface area contributed by atoms with E-state index < -0.39 is 0 Å². The average Bonchev–Trinajstić information content (AvgIpc) is 3.28. The predicted molar refractivity (Wildman–Crippen MR) is 132 cm³/mol. The van der Waals surface area contributed by atoms with Gasteiger partial charge in [0.15, 0.2) is 0 Å². The zero-order chi connectivity index (χ0) is 22.7. The summed E-state index contributed by atoms with van der Waals surface area (Å²) in [5, 5.41) is 6.70. The van der Waals surface area contributed by atoms with E-state index in [9.17, 15) is 9.59 Å². The summed E-state index contributed by atoms with van der Waals surface area (Å²) < 4.78 is 0.883. The van der Waals surface area contributed by atoms with Crippen molar-refractivity contribution in [3.8, 4) is 0 Å². The zero-order valence-corrected chi connectivity index (χ0v) is 19.9. The van der Waals surface area contributed by atoms with Crippen molar-refractivity contribution in [1.29, 1.82) is 0 Å². The van der Waals surface area contributed by atoms with E-state index in [0.29, 0.717) is 5.56 Å². The highest BCUT2D eigenvalue weighted by atomic mass is 79.9. The molecule has 6 nitrogen and oxygen atoms in total. The number of pyridine rings is 1. The maximum absolute atomic E-state index is 13.0. The molecule has 0 saturated carbocycles. The number of carbonyl (C=O) groups excluding carboxylic acids is 2. The Morgan fingerprint density at radius 3 is 2.69 bits per heavy atom. The number of amides is 2. The molecule has 0 bridgehead atoms. The number of hydrogen-bond acceptors (Lipinski definition) is 4. The molecule has 1 atom stereocenters. The maximum atomic E-state index is 13.0. The Morgan fingerprint density at radius 2 is 1.91 bits per heavy atom. The lowest BCUT2D eigenvalue weighted by Crippen LogP contribution is -2.35. The lowest BCUT2D eigenvalue weighted by atomic mass is 10.1. The van der Waals surface area contributed by atoms with Crippen molar-refractivity contribution < 1.29 is 9.59 Å². The van der Waals surface area contributed by atoms with Gasteiger partial charge < -0.3 is 15.5 Å². The van der Waals surface area contributed by atoms with Crippen molar-refractivity contribution >= 4 is 50.0 Å². The molecule has 0 radical (unpaired) electrons. The molecular weight excluding hydrogens is 468 g/mol. The quantitative estimate of drug-likeness (QED) is 0.502. The number of aryl methyl sites for hydroxylation is 1. The highest BCUT2D eigenvalue weighted by Crippen LogP contribution is 2.24. The normalized spacial score (nSPS) is 14.4. The minimum atomic E-state index is -0.320. The first kappa shape index (κ1) is 22.3. The number of aromatic nitrogens is 1. The Balaban J connectivity index is 1.39. The van der Waals surface area contributed by atoms with Gasteiger partial charge in [-0.25, -0.2) is 0 Å². The highest BCUT2D eigenvalue weighted by Gasteiger charge is 2.17. The minimum Gasteiger partial charge on any atom is -0.371 e. The number of hydrogen-bond donors (Lipinski definition) is 2. The van der Waals surface area contributed by atoms with Crippen LogP contribution in [0.15, 0.2) is 53.0 Å². The molecular formula is C25H27BrN4O2. The summed E-state index contributed by atoms with van der Waals surface area (Å²) in [4.78, 5) is 32.4. The van der Waals surface area contributed by atoms with Crippen LogP contribution in [0, 0.1) is 6.92 Å². The monoisotopic (exact) mass is 494 g/mol. The third-order valence-electron chi connectivity index (χ3n) is 5.61. The lowest BCUT2D eigenvalue weighted by molar-refractivity contribution is -0.116. The zero-order valence-electron chi connectivity index (χ0n) is 18.3. The smallest absolute Gasteiger partial charge is 0.252 e. The molecule has 2 N–H and O–H groups in total. The van der Waals surface area contributed by atoms with E-state index in [1.165, 1.54) is 12.8 Å². The van der Waals surface area contributed by atoms with Crippen molar-refractivity contribution in [2.24, 2.45) is 0 Å². The Morgan fingerprint density at radius 1 is 1.12 bits per heavy atom. The maximum Gasteiger partial charge on any atom is 0.252 e. The molecule has 3 aromatic rings. The number of halogens is 1. The van der Waals surface area contributed by atoms with E-state index in [0.717, 1.165) is 45.5 Å². The molecule has 0 aliphatic carbocycles. The first-order valence-electron chi connectivity index (χ1n) is 10.9. The number of benzene rings is 2. The Bertz CT molecular complexity index is 1160. The first-order valence-corrected chi connectivity index (χ1v) is 11.7. The van der Waals surface area contributed by atoms with E-state index >= 15 is 0 Å². The van der Waals surface area contributed by atoms with Crippen molar-refractivity contribution in [3.05, 3.63) is 64.3 Å². The van der Waals surface area contributed by atoms with Gasteiger partial charge in [0.25, 0.3) is 5.91 Å². The van der Waals surface area contributed by atoms with Gasteiger partial charge in [-0.1, -0.05) is 22.0 Å². The molecule has 2 heterocycles. The molecule has 32 heavy (non-hydrogen) atoms. The summed E-state index contributed by atoms with van der Waals surface area (Å²) in [6.07, 6.45) is 2.60. The summed E-state index contributed by atoms with van der Waals surface area (Å²) in [6.45, 7) is 5.82. The molecule has 1 aromatic heterocycles. The Hall–Kier alpha value is -2.93. The van der Waals surface area contributed by atoms with E-state index in [2.05, 4.69) is 42.5 Å². The summed E-state index contributed by atoms with van der Waals surface area (Å²) >= 11 is 3.46. The second kappa shape index (κ2) is 9.69. The van der Waals surface area contributed by atoms with Crippen LogP contribution in [0.3, 0.4) is 0 Å². The lowest BCUT2D eigenvalue weighted by Gasteiger charge is -2.19. The SMILES string of the molecule is Cc1cc(C(=O)NC(C)CC(=O)Nc2cccc(N3CCCC3)c2)c2cc(Br)ccc2n1. The summed E-state index contributed by atoms with van der Waals surface area (Å²) in [5.41, 5.74) is 4.00. The van der Waals surface area contributed by atoms with E-state index in [4.69, 9.17) is 0 Å². The van der Waals surface area contributed by atoms with Gasteiger partial charge in [-0.05, 0) is 69.2 Å². The predicted octanol–water partition coefficient (Wildman–Crippen LogP) is 5.05. The molecule has 4 rings (SSSR count). The van der Waals surface area contributed by atoms with Crippen LogP contribution in [0.1, 0.15) is 42.2 Å². The van der Waals surface area contributed by atoms with Gasteiger partial charge in [0.05, 0.1) is 11.1 Å². The number of fused-ring (bicyclic) bond motifs is 1. The van der Waals surface area contributed by atoms with Gasteiger partial charge in [0.2, 0.25) is 5.91 Å². The van der Waals surface area contributed by atoms with Gasteiger partial charge in [-0.15, -0.1) is 0 Å². The van der Waals surface area contributed by atoms with Gasteiger partial charge in [-0.3, -0.25) is 14.6 Å². The van der Waals surface area contributed by atoms with E-state index in [1.807, 2.05) is 50.2 Å². The fourth-order valence-electron chi connectivity index (χ4n) is 4.12. The van der Waals surface area contributed by atoms with Crippen molar-refractivity contribution in [3.63, 3.8) is 0 Å². The average molecular weight is 495 g/mol. The largest absolute Gasteiger partial charge is 0.371 e. The highest BCUT2D eigenvalue weighted by molar-refractivity contribution is 9.10. The fourth-order valence-corrected chi connectivity index (χ4v) is 4.48. The molecule has 1 aliphatic heterocycles. The first-order chi connectivity index (χ1) is 15.4. The molecule has 7 heteroatoms. The molecule has 166 valence electrons. The number of carbonyl (C=O) groups is 2. The number of nitrogens with zero attached hydrogens (tertiary/aromatic N) is 2. The van der Waals surface area contributed by atoms with Crippen molar-refractivity contribution in [1.82, 2.24) is 10.3 Å². The molecule has 0 spiro atoms. The topological polar surface area (TPSA) is 74.3 Å². The van der Waals surface area contributed by atoms with Crippen molar-refractivity contribution in [2.45, 2.75) is 39.2 Å². The Kier molecular flexibility index (Phi) is 6.74. The van der Waals surface area contributed by atoms with Crippen LogP contribution in [0.25, 0.3) is 10.9 Å². The molecule has 1 saturated heterocycles. The molecule has 2 aromatic carbocycles. The minimum absolute atomic E-state index is 0.130. The third kappa shape index (κ3) is 5.27. The van der Waals surface area contributed by atoms with Gasteiger partial charge in [-0.2, -0.15) is 0 Å². The van der Waals surface area contributed by atoms with Crippen LogP contribution in [0.4, 0.5) is 11.4 Å². The van der Waals surface area contributed by atoms with Crippen LogP contribution in [0.5, 0.6) is 0 Å². The van der Waals surface area contributed by atoms with Crippen LogP contribution < -0.4 is 15.5 Å². The van der Waals surface area contributed by atoms with Crippen LogP contribution >= 0.6 is 15.9 Å². The summed E-state index contributed by atoms with van der Waals surface area (Å²) in [7, 11) is 0. The van der Waals surface area contributed by atoms with Gasteiger partial charge in [0, 0.05) is 52.5 Å². The second-order valence-corrected chi connectivity index (χ2v) is 9.26. The molecule has 1 aliphatic rings. The number of nitrogens with one attached hydrogen (secondary N) is 2. The molecule has 1 fully saturated rings. The summed E-state index contributed by atoms with van der Waals surface area (Å²) in [6, 6.07) is 15.1. The third-order valence-corrected chi connectivity index (χ3v) is 6.11. The van der Waals surface area contributed by atoms with E-state index in [-0.39, 0.29) is 24.3 Å². The van der Waals surface area contributed by atoms with Crippen LogP contribution in [-0.2, 0) is 4.79 Å². The fraction of sp³-hybridized carbons (Fsp3) is 0.320. The number of anilines is 2. The summed E-state index contributed by atoms with van der Waals surface area (Å²) in [5.74, 6) is -0.343. The molecule has 2 amide bonds. The Labute approximate surface area is 196 Å².